The van der Waals surface area contributed by atoms with Crippen molar-refractivity contribution in [3.63, 3.8) is 0 Å². The van der Waals surface area contributed by atoms with Crippen LogP contribution in [0.2, 0.25) is 0 Å². The van der Waals surface area contributed by atoms with Crippen LogP contribution in [-0.4, -0.2) is 90.1 Å². The molecule has 30 heavy (non-hydrogen) atoms. The number of nitrogens with two attached hydrogens (primary N) is 4. The largest absolute Gasteiger partial charge is 0.396 e. The zero-order valence-corrected chi connectivity index (χ0v) is 17.6. The molecule has 11 heteroatoms. The third-order valence-electron chi connectivity index (χ3n) is 6.26. The Morgan fingerprint density at radius 2 is 1.13 bits per heavy atom. The summed E-state index contributed by atoms with van der Waals surface area (Å²) in [5.41, 5.74) is 24.9. The molecule has 4 rings (SSSR count). The number of rotatable bonds is 4. The van der Waals surface area contributed by atoms with Crippen LogP contribution in [0.3, 0.4) is 0 Å². The molecule has 0 spiro atoms. The first-order valence-electron chi connectivity index (χ1n) is 11.1. The van der Waals surface area contributed by atoms with E-state index >= 15 is 0 Å². The minimum Gasteiger partial charge on any atom is -0.396 e. The van der Waals surface area contributed by atoms with E-state index in [0.29, 0.717) is 44.0 Å². The highest BCUT2D eigenvalue weighted by molar-refractivity contribution is 5.48. The Hall–Kier alpha value is -1.79. The van der Waals surface area contributed by atoms with Gasteiger partial charge < -0.3 is 42.7 Å². The first kappa shape index (κ1) is 21.4. The van der Waals surface area contributed by atoms with Crippen LogP contribution in [-0.2, 0) is 0 Å². The van der Waals surface area contributed by atoms with Crippen molar-refractivity contribution in [2.45, 2.75) is 49.9 Å². The van der Waals surface area contributed by atoms with Gasteiger partial charge in [0, 0.05) is 70.0 Å². The van der Waals surface area contributed by atoms with Crippen LogP contribution in [0, 0.1) is 5.92 Å². The molecular weight excluding hydrogens is 384 g/mol. The average Bonchev–Trinajstić information content (AvgIpc) is 2.72. The molecule has 0 bridgehead atoms. The zero-order valence-electron chi connectivity index (χ0n) is 17.6. The summed E-state index contributed by atoms with van der Waals surface area (Å²) < 4.78 is 0. The number of anilines is 3. The molecule has 3 aliphatic rings. The van der Waals surface area contributed by atoms with Crippen LogP contribution in [0.25, 0.3) is 0 Å². The first-order chi connectivity index (χ1) is 14.4. The van der Waals surface area contributed by atoms with Gasteiger partial charge in [0.25, 0.3) is 0 Å². The molecule has 3 fully saturated rings. The molecule has 3 aliphatic heterocycles. The second-order valence-corrected chi connectivity index (χ2v) is 9.19. The van der Waals surface area contributed by atoms with E-state index < -0.39 is 0 Å². The molecule has 1 aromatic heterocycles. The standard InChI is InChI=1S/C19H36N10O/c20-13-4-14(21)8-28(7-13)18-24-17(27-3-1-2-12(6-27)11-30)25-19(26-18)29-9-15(22)5-16(23)10-29/h12-16,30H,1-11,20-23H2/t12?,13-,14+,15-,16+. The maximum Gasteiger partial charge on any atom is 0.232 e. The summed E-state index contributed by atoms with van der Waals surface area (Å²) >= 11 is 0. The summed E-state index contributed by atoms with van der Waals surface area (Å²) in [7, 11) is 0. The molecule has 5 atom stereocenters. The van der Waals surface area contributed by atoms with E-state index in [2.05, 4.69) is 14.7 Å². The van der Waals surface area contributed by atoms with Crippen LogP contribution < -0.4 is 37.6 Å². The van der Waals surface area contributed by atoms with Gasteiger partial charge in [-0.25, -0.2) is 0 Å². The van der Waals surface area contributed by atoms with Crippen molar-refractivity contribution in [3.8, 4) is 0 Å². The third kappa shape index (κ3) is 4.92. The van der Waals surface area contributed by atoms with Gasteiger partial charge in [-0.3, -0.25) is 0 Å². The van der Waals surface area contributed by atoms with Gasteiger partial charge >= 0.3 is 0 Å². The molecule has 9 N–H and O–H groups in total. The fourth-order valence-electron chi connectivity index (χ4n) is 4.85. The van der Waals surface area contributed by atoms with E-state index in [1.54, 1.807) is 0 Å². The van der Waals surface area contributed by atoms with Crippen LogP contribution in [0.5, 0.6) is 0 Å². The summed E-state index contributed by atoms with van der Waals surface area (Å²) in [6.45, 7) is 4.41. The van der Waals surface area contributed by atoms with Crippen molar-refractivity contribution in [3.05, 3.63) is 0 Å². The molecule has 0 aromatic carbocycles. The Balaban J connectivity index is 1.66. The second-order valence-electron chi connectivity index (χ2n) is 9.19. The molecule has 1 unspecified atom stereocenters. The lowest BCUT2D eigenvalue weighted by atomic mass is 9.99. The van der Waals surface area contributed by atoms with E-state index in [1.165, 1.54) is 0 Å². The van der Waals surface area contributed by atoms with E-state index in [4.69, 9.17) is 37.9 Å². The number of nitrogens with zero attached hydrogens (tertiary/aromatic N) is 6. The molecule has 4 heterocycles. The summed E-state index contributed by atoms with van der Waals surface area (Å²) in [6.07, 6.45) is 3.60. The molecule has 0 amide bonds. The molecule has 0 saturated carbocycles. The number of piperidine rings is 3. The Bertz CT molecular complexity index is 656. The fraction of sp³-hybridized carbons (Fsp3) is 0.842. The number of hydrogen-bond donors (Lipinski definition) is 5. The highest BCUT2D eigenvalue weighted by Crippen LogP contribution is 2.26. The van der Waals surface area contributed by atoms with Gasteiger partial charge in [0.15, 0.2) is 0 Å². The minimum atomic E-state index is -0.0111. The fourth-order valence-corrected chi connectivity index (χ4v) is 4.85. The average molecular weight is 421 g/mol. The van der Waals surface area contributed by atoms with Crippen molar-refractivity contribution in [1.82, 2.24) is 15.0 Å². The highest BCUT2D eigenvalue weighted by Gasteiger charge is 2.30. The predicted molar refractivity (Wildman–Crippen MR) is 117 cm³/mol. The van der Waals surface area contributed by atoms with Gasteiger partial charge in [0.05, 0.1) is 0 Å². The third-order valence-corrected chi connectivity index (χ3v) is 6.26. The zero-order chi connectivity index (χ0) is 21.3. The quantitative estimate of drug-likeness (QED) is 0.358. The Morgan fingerprint density at radius 3 is 1.57 bits per heavy atom. The van der Waals surface area contributed by atoms with Crippen molar-refractivity contribution in [2.75, 3.05) is 60.6 Å². The highest BCUT2D eigenvalue weighted by atomic mass is 16.3. The summed E-state index contributed by atoms with van der Waals surface area (Å²) in [6, 6.07) is -0.0444. The first-order valence-corrected chi connectivity index (χ1v) is 11.1. The van der Waals surface area contributed by atoms with Gasteiger partial charge in [0.2, 0.25) is 17.8 Å². The summed E-state index contributed by atoms with van der Waals surface area (Å²) in [4.78, 5) is 20.6. The van der Waals surface area contributed by atoms with Crippen molar-refractivity contribution in [2.24, 2.45) is 28.9 Å². The summed E-state index contributed by atoms with van der Waals surface area (Å²) in [5.74, 6) is 2.06. The number of aromatic nitrogens is 3. The molecule has 1 aromatic rings. The Kier molecular flexibility index (Phi) is 6.54. The van der Waals surface area contributed by atoms with Crippen LogP contribution >= 0.6 is 0 Å². The lowest BCUT2D eigenvalue weighted by Crippen LogP contribution is -2.54. The van der Waals surface area contributed by atoms with Crippen molar-refractivity contribution < 1.29 is 5.11 Å². The second kappa shape index (κ2) is 9.15. The minimum absolute atomic E-state index is 0.0111. The Labute approximate surface area is 177 Å². The van der Waals surface area contributed by atoms with E-state index in [9.17, 15) is 5.11 Å². The maximum absolute atomic E-state index is 9.64. The van der Waals surface area contributed by atoms with E-state index in [0.717, 1.165) is 38.8 Å². The summed E-state index contributed by atoms with van der Waals surface area (Å²) in [5, 5.41) is 9.64. The molecule has 168 valence electrons. The smallest absolute Gasteiger partial charge is 0.232 e. The number of aliphatic hydroxyl groups is 1. The monoisotopic (exact) mass is 420 g/mol. The predicted octanol–water partition coefficient (Wildman–Crippen LogP) is -2.19. The van der Waals surface area contributed by atoms with Crippen molar-refractivity contribution >= 4 is 17.8 Å². The molecule has 3 saturated heterocycles. The van der Waals surface area contributed by atoms with Gasteiger partial charge in [0.1, 0.15) is 0 Å². The van der Waals surface area contributed by atoms with E-state index in [1.807, 2.05) is 0 Å². The Morgan fingerprint density at radius 1 is 0.700 bits per heavy atom. The lowest BCUT2D eigenvalue weighted by Gasteiger charge is -2.38. The van der Waals surface area contributed by atoms with Gasteiger partial charge in [-0.15, -0.1) is 0 Å². The van der Waals surface area contributed by atoms with Crippen LogP contribution in [0.4, 0.5) is 17.8 Å². The molecule has 0 radical (unpaired) electrons. The normalized spacial score (nSPS) is 33.1. The van der Waals surface area contributed by atoms with Gasteiger partial charge in [-0.1, -0.05) is 0 Å². The maximum atomic E-state index is 9.64. The topological polar surface area (TPSA) is 173 Å². The number of aliphatic hydroxyl groups excluding tert-OH is 1. The van der Waals surface area contributed by atoms with Crippen molar-refractivity contribution in [1.29, 1.82) is 0 Å². The number of hydrogen-bond acceptors (Lipinski definition) is 11. The molecule has 11 nitrogen and oxygen atoms in total. The molecule has 0 aliphatic carbocycles. The van der Waals surface area contributed by atoms with E-state index in [-0.39, 0.29) is 36.7 Å². The van der Waals surface area contributed by atoms with Crippen LogP contribution in [0.1, 0.15) is 25.7 Å². The van der Waals surface area contributed by atoms with Crippen LogP contribution in [0.15, 0.2) is 0 Å². The van der Waals surface area contributed by atoms with Gasteiger partial charge in [-0.2, -0.15) is 15.0 Å². The lowest BCUT2D eigenvalue weighted by molar-refractivity contribution is 0.208. The molecular formula is C19H36N10O. The van der Waals surface area contributed by atoms with Gasteiger partial charge in [-0.05, 0) is 31.6 Å². The SMILES string of the molecule is N[C@@H]1C[C@H](N)CN(c2nc(N3CCCC(CO)C3)nc(N3C[C@H](N)C[C@H](N)C3)n2)C1.